The summed E-state index contributed by atoms with van der Waals surface area (Å²) >= 11 is 0. The Balaban J connectivity index is 1.84. The smallest absolute Gasteiger partial charge is 0.129 e. The van der Waals surface area contributed by atoms with Crippen molar-refractivity contribution in [2.75, 3.05) is 7.11 Å². The zero-order chi connectivity index (χ0) is 11.4. The van der Waals surface area contributed by atoms with Crippen molar-refractivity contribution in [2.45, 2.75) is 51.3 Å². The molecule has 0 atom stereocenters. The lowest BCUT2D eigenvalue weighted by molar-refractivity contribution is 0.162. The van der Waals surface area contributed by atoms with Crippen LogP contribution in [0.1, 0.15) is 44.1 Å². The molecule has 1 aliphatic carbocycles. The Morgan fingerprint density at radius 2 is 2.00 bits per heavy atom. The third-order valence-electron chi connectivity index (χ3n) is 3.40. The summed E-state index contributed by atoms with van der Waals surface area (Å²) in [5, 5.41) is 3.60. The van der Waals surface area contributed by atoms with Crippen molar-refractivity contribution in [3.05, 3.63) is 23.7 Å². The molecule has 1 fully saturated rings. The van der Waals surface area contributed by atoms with E-state index in [-0.39, 0.29) is 0 Å². The summed E-state index contributed by atoms with van der Waals surface area (Å²) in [5.74, 6) is 1.90. The van der Waals surface area contributed by atoms with Gasteiger partial charge in [-0.05, 0) is 31.9 Å². The van der Waals surface area contributed by atoms with Crippen LogP contribution in [0.3, 0.4) is 0 Å². The van der Waals surface area contributed by atoms with E-state index in [9.17, 15) is 0 Å². The van der Waals surface area contributed by atoms with Gasteiger partial charge in [-0.1, -0.05) is 12.8 Å². The van der Waals surface area contributed by atoms with Gasteiger partial charge in [-0.15, -0.1) is 0 Å². The summed E-state index contributed by atoms with van der Waals surface area (Å²) in [7, 11) is 1.68. The monoisotopic (exact) mass is 223 g/mol. The second-order valence-electron chi connectivity index (χ2n) is 4.92. The number of methoxy groups -OCH3 is 1. The fourth-order valence-corrected chi connectivity index (χ4v) is 2.37. The SMILES string of the molecule is COCc1ccc(CNC2(C)CCCC2)o1. The first-order chi connectivity index (χ1) is 7.72. The van der Waals surface area contributed by atoms with Crippen LogP contribution in [-0.4, -0.2) is 12.6 Å². The van der Waals surface area contributed by atoms with Gasteiger partial charge in [0.05, 0.1) is 6.54 Å². The van der Waals surface area contributed by atoms with Gasteiger partial charge in [-0.2, -0.15) is 0 Å². The highest BCUT2D eigenvalue weighted by Gasteiger charge is 2.27. The molecule has 1 aromatic rings. The summed E-state index contributed by atoms with van der Waals surface area (Å²) < 4.78 is 10.7. The van der Waals surface area contributed by atoms with E-state index in [0.29, 0.717) is 12.1 Å². The van der Waals surface area contributed by atoms with E-state index in [4.69, 9.17) is 9.15 Å². The molecule has 1 aromatic heterocycles. The van der Waals surface area contributed by atoms with Crippen LogP contribution in [0.15, 0.2) is 16.5 Å². The molecular formula is C13H21NO2. The number of ether oxygens (including phenoxy) is 1. The number of hydrogen-bond acceptors (Lipinski definition) is 3. The van der Waals surface area contributed by atoms with Crippen LogP contribution < -0.4 is 5.32 Å². The molecule has 2 rings (SSSR count). The molecule has 0 spiro atoms. The fraction of sp³-hybridized carbons (Fsp3) is 0.692. The summed E-state index contributed by atoms with van der Waals surface area (Å²) in [5.41, 5.74) is 0.314. The average molecular weight is 223 g/mol. The van der Waals surface area contributed by atoms with Crippen molar-refractivity contribution in [2.24, 2.45) is 0 Å². The summed E-state index contributed by atoms with van der Waals surface area (Å²) in [6.45, 7) is 3.68. The summed E-state index contributed by atoms with van der Waals surface area (Å²) in [4.78, 5) is 0. The van der Waals surface area contributed by atoms with Gasteiger partial charge < -0.3 is 14.5 Å². The second-order valence-corrected chi connectivity index (χ2v) is 4.92. The van der Waals surface area contributed by atoms with Gasteiger partial charge in [0.1, 0.15) is 18.1 Å². The first-order valence-electron chi connectivity index (χ1n) is 6.03. The maximum absolute atomic E-state index is 5.64. The van der Waals surface area contributed by atoms with Crippen LogP contribution >= 0.6 is 0 Å². The largest absolute Gasteiger partial charge is 0.462 e. The van der Waals surface area contributed by atoms with Gasteiger partial charge in [0.15, 0.2) is 0 Å². The van der Waals surface area contributed by atoms with Gasteiger partial charge in [0.25, 0.3) is 0 Å². The third kappa shape index (κ3) is 2.86. The van der Waals surface area contributed by atoms with Crippen molar-refractivity contribution in [1.82, 2.24) is 5.32 Å². The van der Waals surface area contributed by atoms with Gasteiger partial charge in [0, 0.05) is 12.6 Å². The number of rotatable bonds is 5. The van der Waals surface area contributed by atoms with Crippen LogP contribution in [0.4, 0.5) is 0 Å². The van der Waals surface area contributed by atoms with Crippen LogP contribution in [0, 0.1) is 0 Å². The summed E-state index contributed by atoms with van der Waals surface area (Å²) in [6.07, 6.45) is 5.24. The molecule has 1 saturated carbocycles. The Bertz CT molecular complexity index is 326. The normalized spacial score (nSPS) is 19.1. The van der Waals surface area contributed by atoms with Gasteiger partial charge in [-0.3, -0.25) is 0 Å². The minimum absolute atomic E-state index is 0.314. The van der Waals surface area contributed by atoms with Crippen molar-refractivity contribution in [3.63, 3.8) is 0 Å². The predicted molar refractivity (Wildman–Crippen MR) is 63.1 cm³/mol. The highest BCUT2D eigenvalue weighted by Crippen LogP contribution is 2.29. The molecule has 0 radical (unpaired) electrons. The molecule has 1 aliphatic rings. The molecule has 0 amide bonds. The molecule has 0 aliphatic heterocycles. The van der Waals surface area contributed by atoms with Gasteiger partial charge in [-0.25, -0.2) is 0 Å². The minimum Gasteiger partial charge on any atom is -0.462 e. The maximum Gasteiger partial charge on any atom is 0.129 e. The van der Waals surface area contributed by atoms with Crippen molar-refractivity contribution < 1.29 is 9.15 Å². The highest BCUT2D eigenvalue weighted by atomic mass is 16.5. The van der Waals surface area contributed by atoms with E-state index in [1.165, 1.54) is 25.7 Å². The first kappa shape index (κ1) is 11.7. The predicted octanol–water partition coefficient (Wildman–Crippen LogP) is 2.85. The van der Waals surface area contributed by atoms with Crippen LogP contribution in [0.5, 0.6) is 0 Å². The standard InChI is InChI=1S/C13H21NO2/c1-13(7-3-4-8-13)14-9-11-5-6-12(16-11)10-15-2/h5-6,14H,3-4,7-10H2,1-2H3. The van der Waals surface area contributed by atoms with Gasteiger partial charge in [0.2, 0.25) is 0 Å². The molecule has 16 heavy (non-hydrogen) atoms. The molecular weight excluding hydrogens is 202 g/mol. The van der Waals surface area contributed by atoms with Crippen molar-refractivity contribution in [1.29, 1.82) is 0 Å². The lowest BCUT2D eigenvalue weighted by atomic mass is 10.0. The van der Waals surface area contributed by atoms with E-state index in [2.05, 4.69) is 12.2 Å². The zero-order valence-electron chi connectivity index (χ0n) is 10.2. The lowest BCUT2D eigenvalue weighted by Gasteiger charge is -2.24. The first-order valence-corrected chi connectivity index (χ1v) is 6.03. The zero-order valence-corrected chi connectivity index (χ0v) is 10.2. The Morgan fingerprint density at radius 1 is 1.31 bits per heavy atom. The van der Waals surface area contributed by atoms with Crippen LogP contribution in [0.2, 0.25) is 0 Å². The van der Waals surface area contributed by atoms with Gasteiger partial charge >= 0.3 is 0 Å². The highest BCUT2D eigenvalue weighted by molar-refractivity contribution is 5.07. The lowest BCUT2D eigenvalue weighted by Crippen LogP contribution is -2.38. The van der Waals surface area contributed by atoms with Crippen LogP contribution in [0.25, 0.3) is 0 Å². The number of hydrogen-bond donors (Lipinski definition) is 1. The van der Waals surface area contributed by atoms with E-state index in [1.54, 1.807) is 7.11 Å². The molecule has 90 valence electrons. The van der Waals surface area contributed by atoms with Crippen molar-refractivity contribution in [3.8, 4) is 0 Å². The third-order valence-corrected chi connectivity index (χ3v) is 3.40. The molecule has 0 unspecified atom stereocenters. The average Bonchev–Trinajstić information content (AvgIpc) is 2.86. The fourth-order valence-electron chi connectivity index (χ4n) is 2.37. The van der Waals surface area contributed by atoms with Crippen LogP contribution in [-0.2, 0) is 17.9 Å². The molecule has 0 saturated heterocycles. The number of nitrogens with one attached hydrogen (secondary N) is 1. The maximum atomic E-state index is 5.64. The molecule has 0 aromatic carbocycles. The van der Waals surface area contributed by atoms with E-state index in [0.717, 1.165) is 18.1 Å². The van der Waals surface area contributed by atoms with E-state index < -0.39 is 0 Å². The van der Waals surface area contributed by atoms with E-state index >= 15 is 0 Å². The Hall–Kier alpha value is -0.800. The summed E-state index contributed by atoms with van der Waals surface area (Å²) in [6, 6.07) is 4.01. The Kier molecular flexibility index (Phi) is 3.66. The van der Waals surface area contributed by atoms with E-state index in [1.807, 2.05) is 12.1 Å². The Morgan fingerprint density at radius 3 is 2.69 bits per heavy atom. The quantitative estimate of drug-likeness (QED) is 0.833. The molecule has 1 heterocycles. The molecule has 1 N–H and O–H groups in total. The molecule has 0 bridgehead atoms. The number of furan rings is 1. The topological polar surface area (TPSA) is 34.4 Å². The second kappa shape index (κ2) is 5.02. The molecule has 3 nitrogen and oxygen atoms in total. The molecule has 3 heteroatoms. The Labute approximate surface area is 97.2 Å². The van der Waals surface area contributed by atoms with Crippen molar-refractivity contribution >= 4 is 0 Å². The minimum atomic E-state index is 0.314.